The van der Waals surface area contributed by atoms with Gasteiger partial charge in [-0.1, -0.05) is 24.3 Å². The highest BCUT2D eigenvalue weighted by Crippen LogP contribution is 2.55. The Bertz CT molecular complexity index is 1160. The van der Waals surface area contributed by atoms with Crippen LogP contribution in [-0.2, 0) is 4.79 Å². The van der Waals surface area contributed by atoms with E-state index in [0.29, 0.717) is 30.2 Å². The average Bonchev–Trinajstić information content (AvgIpc) is 3.29. The highest BCUT2D eigenvalue weighted by atomic mass is 16.2. The molecule has 6 atom stereocenters. The normalized spacial score (nSPS) is 32.0. The lowest BCUT2D eigenvalue weighted by molar-refractivity contribution is -0.152. The molecule has 32 heavy (non-hydrogen) atoms. The number of benzene rings is 1. The van der Waals surface area contributed by atoms with E-state index in [9.17, 15) is 4.79 Å². The highest BCUT2D eigenvalue weighted by Gasteiger charge is 2.55. The molecule has 5 fully saturated rings. The number of rotatable bonds is 5. The van der Waals surface area contributed by atoms with Crippen molar-refractivity contribution in [3.63, 3.8) is 0 Å². The van der Waals surface area contributed by atoms with Crippen molar-refractivity contribution in [2.24, 2.45) is 11.8 Å². The first kappa shape index (κ1) is 18.8. The molecular weight excluding hydrogens is 400 g/mol. The van der Waals surface area contributed by atoms with Gasteiger partial charge in [-0.25, -0.2) is 0 Å². The molecule has 3 aliphatic carbocycles. The fraction of sp³-hybridized carbons (Fsp3) is 0.600. The van der Waals surface area contributed by atoms with Gasteiger partial charge in [-0.3, -0.25) is 4.79 Å². The summed E-state index contributed by atoms with van der Waals surface area (Å²) in [7, 11) is 0. The van der Waals surface area contributed by atoms with E-state index < -0.39 is 0 Å². The summed E-state index contributed by atoms with van der Waals surface area (Å²) in [6, 6.07) is 7.22. The quantitative estimate of drug-likeness (QED) is 0.634. The van der Waals surface area contributed by atoms with Crippen LogP contribution < -0.4 is 0 Å². The minimum atomic E-state index is 0.192. The first-order valence-corrected chi connectivity index (χ1v) is 12.3. The van der Waals surface area contributed by atoms with Gasteiger partial charge in [-0.05, 0) is 79.4 Å². The molecule has 5 aliphatic rings. The molecule has 4 bridgehead atoms. The third-order valence-electron chi connectivity index (χ3n) is 8.81. The molecule has 2 aliphatic heterocycles. The van der Waals surface area contributed by atoms with Crippen molar-refractivity contribution < 1.29 is 4.79 Å². The number of carbonyl (C=O) groups excluding carboxylic acids is 1. The number of piperidine rings is 2. The second-order valence-electron chi connectivity index (χ2n) is 10.8. The largest absolute Gasteiger partial charge is 0.361 e. The number of fused-ring (bicyclic) bond motifs is 1. The number of amides is 1. The van der Waals surface area contributed by atoms with Crippen LogP contribution in [0, 0.1) is 11.8 Å². The van der Waals surface area contributed by atoms with E-state index in [1.165, 1.54) is 47.7 Å². The van der Waals surface area contributed by atoms with E-state index in [-0.39, 0.29) is 17.9 Å². The van der Waals surface area contributed by atoms with Gasteiger partial charge in [0, 0.05) is 41.5 Å². The Labute approximate surface area is 187 Å². The molecule has 2 N–H and O–H groups in total. The minimum Gasteiger partial charge on any atom is -0.361 e. The lowest BCUT2D eigenvalue weighted by atomic mass is 9.58. The van der Waals surface area contributed by atoms with E-state index in [4.69, 9.17) is 0 Å². The Morgan fingerprint density at radius 2 is 2.12 bits per heavy atom. The predicted molar refractivity (Wildman–Crippen MR) is 120 cm³/mol. The van der Waals surface area contributed by atoms with Crippen LogP contribution in [0.15, 0.2) is 24.4 Å². The van der Waals surface area contributed by atoms with E-state index >= 15 is 0 Å². The molecule has 2 aromatic heterocycles. The van der Waals surface area contributed by atoms with Crippen molar-refractivity contribution in [2.45, 2.75) is 81.7 Å². The zero-order valence-corrected chi connectivity index (χ0v) is 18.5. The summed E-state index contributed by atoms with van der Waals surface area (Å²) in [5.41, 5.74) is 3.97. The number of nitrogens with zero attached hydrogens (tertiary/aromatic N) is 4. The van der Waals surface area contributed by atoms with Gasteiger partial charge in [-0.15, -0.1) is 10.2 Å². The van der Waals surface area contributed by atoms with Crippen LogP contribution >= 0.6 is 0 Å². The summed E-state index contributed by atoms with van der Waals surface area (Å²) >= 11 is 0. The summed E-state index contributed by atoms with van der Waals surface area (Å²) in [6.07, 6.45) is 9.88. The molecule has 7 nitrogen and oxygen atoms in total. The van der Waals surface area contributed by atoms with E-state index in [0.717, 1.165) is 24.6 Å². The fourth-order valence-corrected chi connectivity index (χ4v) is 7.45. The average molecular weight is 431 g/mol. The van der Waals surface area contributed by atoms with Crippen molar-refractivity contribution in [3.05, 3.63) is 41.3 Å². The monoisotopic (exact) mass is 430 g/mol. The SMILES string of the molecule is CC(CC(=O)N1C2CC3CC(C2)C(c2nn[nH]n2)C1C3)c1c[nH]c2cccc(C3CC3)c12. The summed E-state index contributed by atoms with van der Waals surface area (Å²) < 4.78 is 0. The van der Waals surface area contributed by atoms with Gasteiger partial charge in [0.05, 0.1) is 0 Å². The molecule has 6 unspecified atom stereocenters. The number of hydrogen-bond acceptors (Lipinski definition) is 4. The molecule has 7 heteroatoms. The fourth-order valence-electron chi connectivity index (χ4n) is 7.45. The first-order chi connectivity index (χ1) is 15.7. The molecule has 2 saturated heterocycles. The predicted octanol–water partition coefficient (Wildman–Crippen LogP) is 4.24. The van der Waals surface area contributed by atoms with Gasteiger partial charge < -0.3 is 9.88 Å². The molecular formula is C25H30N6O. The van der Waals surface area contributed by atoms with Crippen LogP contribution in [0.2, 0.25) is 0 Å². The lowest BCUT2D eigenvalue weighted by Gasteiger charge is -2.59. The molecule has 1 aromatic carbocycles. The standard InChI is InChI=1S/C25H30N6O/c1-13(19-12-26-20-4-2-3-18(24(19)20)15-5-6-15)7-22(32)31-17-9-14-8-16(11-17)23(21(31)10-14)25-27-29-30-28-25/h2-4,12-17,21,23,26H,5-11H2,1H3,(H,27,28,29,30). The van der Waals surface area contributed by atoms with Crippen molar-refractivity contribution in [3.8, 4) is 0 Å². The number of aromatic amines is 2. The zero-order chi connectivity index (χ0) is 21.4. The van der Waals surface area contributed by atoms with Crippen LogP contribution in [0.3, 0.4) is 0 Å². The lowest BCUT2D eigenvalue weighted by Crippen LogP contribution is -2.63. The van der Waals surface area contributed by atoms with Crippen LogP contribution in [0.4, 0.5) is 0 Å². The molecule has 3 saturated carbocycles. The Morgan fingerprint density at radius 1 is 1.22 bits per heavy atom. The van der Waals surface area contributed by atoms with Crippen molar-refractivity contribution in [2.75, 3.05) is 0 Å². The first-order valence-electron chi connectivity index (χ1n) is 12.3. The molecule has 0 spiro atoms. The van der Waals surface area contributed by atoms with Crippen molar-refractivity contribution in [1.82, 2.24) is 30.5 Å². The maximum absolute atomic E-state index is 13.8. The van der Waals surface area contributed by atoms with Gasteiger partial charge >= 0.3 is 0 Å². The molecule has 3 aromatic rings. The van der Waals surface area contributed by atoms with E-state index in [1.807, 2.05) is 0 Å². The molecule has 1 amide bonds. The zero-order valence-electron chi connectivity index (χ0n) is 18.5. The molecule has 166 valence electrons. The van der Waals surface area contributed by atoms with Crippen LogP contribution in [0.25, 0.3) is 10.9 Å². The third-order valence-corrected chi connectivity index (χ3v) is 8.81. The van der Waals surface area contributed by atoms with E-state index in [1.54, 1.807) is 0 Å². The number of aromatic nitrogens is 5. The van der Waals surface area contributed by atoms with Gasteiger partial charge in [0.25, 0.3) is 0 Å². The van der Waals surface area contributed by atoms with Crippen LogP contribution in [0.5, 0.6) is 0 Å². The number of nitrogens with one attached hydrogen (secondary N) is 2. The number of carbonyl (C=O) groups is 1. The summed E-state index contributed by atoms with van der Waals surface area (Å²) in [5.74, 6) is 3.56. The Kier molecular flexibility index (Phi) is 4.06. The molecule has 8 rings (SSSR count). The minimum absolute atomic E-state index is 0.192. The Balaban J connectivity index is 1.17. The van der Waals surface area contributed by atoms with Crippen molar-refractivity contribution >= 4 is 16.8 Å². The highest BCUT2D eigenvalue weighted by molar-refractivity contribution is 5.89. The van der Waals surface area contributed by atoms with Crippen LogP contribution in [0.1, 0.15) is 86.6 Å². The van der Waals surface area contributed by atoms with E-state index in [2.05, 4.69) is 61.8 Å². The second-order valence-corrected chi connectivity index (χ2v) is 10.8. The maximum Gasteiger partial charge on any atom is 0.223 e. The number of tetrazole rings is 1. The maximum atomic E-state index is 13.8. The summed E-state index contributed by atoms with van der Waals surface area (Å²) in [4.78, 5) is 19.5. The smallest absolute Gasteiger partial charge is 0.223 e. The molecule has 0 radical (unpaired) electrons. The molecule has 4 heterocycles. The topological polar surface area (TPSA) is 90.6 Å². The number of H-pyrrole nitrogens is 2. The summed E-state index contributed by atoms with van der Waals surface area (Å²) in [5, 5.41) is 16.5. The van der Waals surface area contributed by atoms with Crippen molar-refractivity contribution in [1.29, 1.82) is 0 Å². The van der Waals surface area contributed by atoms with Crippen LogP contribution in [-0.4, -0.2) is 48.5 Å². The Morgan fingerprint density at radius 3 is 2.94 bits per heavy atom. The van der Waals surface area contributed by atoms with Gasteiger partial charge in [0.15, 0.2) is 5.82 Å². The number of hydrogen-bond donors (Lipinski definition) is 2. The van der Waals surface area contributed by atoms with Gasteiger partial charge in [-0.2, -0.15) is 5.21 Å². The van der Waals surface area contributed by atoms with Gasteiger partial charge in [0.2, 0.25) is 5.91 Å². The summed E-state index contributed by atoms with van der Waals surface area (Å²) in [6.45, 7) is 2.22. The Hall–Kier alpha value is -2.70. The third kappa shape index (κ3) is 2.79. The second kappa shape index (κ2) is 6.90. The van der Waals surface area contributed by atoms with Gasteiger partial charge in [0.1, 0.15) is 0 Å².